The molecule has 8 nitrogen and oxygen atoms in total. The summed E-state index contributed by atoms with van der Waals surface area (Å²) in [4.78, 5) is 42.0. The van der Waals surface area contributed by atoms with Crippen molar-refractivity contribution >= 4 is 34.2 Å². The van der Waals surface area contributed by atoms with Gasteiger partial charge in [0.2, 0.25) is 0 Å². The van der Waals surface area contributed by atoms with Crippen molar-refractivity contribution in [1.29, 1.82) is 0 Å². The van der Waals surface area contributed by atoms with Crippen molar-refractivity contribution in [2.75, 3.05) is 11.9 Å². The number of ether oxygens (including phenoxy) is 1. The molecule has 8 heteroatoms. The molecule has 3 heterocycles. The Balaban J connectivity index is 1.34. The Kier molecular flexibility index (Phi) is 5.85. The van der Waals surface area contributed by atoms with Crippen molar-refractivity contribution in [2.45, 2.75) is 13.5 Å². The van der Waals surface area contributed by atoms with Gasteiger partial charge in [-0.25, -0.2) is 9.78 Å². The van der Waals surface area contributed by atoms with E-state index >= 15 is 0 Å². The second-order valence-corrected chi connectivity index (χ2v) is 7.95. The molecule has 35 heavy (non-hydrogen) atoms. The standard InChI is InChI=1S/C27H22N4O4/c1-2-35-27(34)20-11-13-21(14-12-20)29-25(32)19-9-7-18(8-10-19)17-31-24-22(5-3-15-28-24)30-16-4-6-23(30)26(31)33/h3-16H,2,17H2,1H3,(H,29,32). The van der Waals surface area contributed by atoms with Gasteiger partial charge in [0, 0.05) is 23.6 Å². The molecule has 0 fully saturated rings. The summed E-state index contributed by atoms with van der Waals surface area (Å²) in [7, 11) is 0. The minimum absolute atomic E-state index is 0.130. The molecule has 0 atom stereocenters. The number of hydrogen-bond acceptors (Lipinski definition) is 5. The summed E-state index contributed by atoms with van der Waals surface area (Å²) in [5.41, 5.74) is 4.21. The van der Waals surface area contributed by atoms with Crippen molar-refractivity contribution < 1.29 is 14.3 Å². The molecule has 0 aliphatic heterocycles. The molecule has 5 aromatic rings. The number of fused-ring (bicyclic) bond motifs is 3. The van der Waals surface area contributed by atoms with Crippen molar-refractivity contribution in [2.24, 2.45) is 0 Å². The van der Waals surface area contributed by atoms with Crippen LogP contribution in [0.3, 0.4) is 0 Å². The minimum Gasteiger partial charge on any atom is -0.462 e. The summed E-state index contributed by atoms with van der Waals surface area (Å²) in [6, 6.07) is 21.0. The highest BCUT2D eigenvalue weighted by atomic mass is 16.5. The van der Waals surface area contributed by atoms with Crippen molar-refractivity contribution in [1.82, 2.24) is 14.0 Å². The van der Waals surface area contributed by atoms with Gasteiger partial charge in [0.05, 0.1) is 24.2 Å². The number of rotatable bonds is 6. The molecule has 3 aromatic heterocycles. The third kappa shape index (κ3) is 4.29. The third-order valence-corrected chi connectivity index (χ3v) is 5.71. The van der Waals surface area contributed by atoms with Gasteiger partial charge < -0.3 is 14.5 Å². The largest absolute Gasteiger partial charge is 0.462 e. The lowest BCUT2D eigenvalue weighted by molar-refractivity contribution is 0.0526. The van der Waals surface area contributed by atoms with Gasteiger partial charge in [0.25, 0.3) is 11.5 Å². The van der Waals surface area contributed by atoms with Gasteiger partial charge >= 0.3 is 5.97 Å². The molecule has 0 saturated carbocycles. The second-order valence-electron chi connectivity index (χ2n) is 7.95. The summed E-state index contributed by atoms with van der Waals surface area (Å²) < 4.78 is 8.45. The number of carbonyl (C=O) groups excluding carboxylic acids is 2. The van der Waals surface area contributed by atoms with Crippen molar-refractivity contribution in [3.8, 4) is 0 Å². The topological polar surface area (TPSA) is 94.7 Å². The SMILES string of the molecule is CCOC(=O)c1ccc(NC(=O)c2ccc(Cn3c(=O)c4cccn4c4cccnc43)cc2)cc1. The lowest BCUT2D eigenvalue weighted by Gasteiger charge is -2.12. The highest BCUT2D eigenvalue weighted by Gasteiger charge is 2.13. The molecule has 0 aliphatic rings. The van der Waals surface area contributed by atoms with Crippen LogP contribution in [0, 0.1) is 0 Å². The average Bonchev–Trinajstić information content (AvgIpc) is 3.38. The fourth-order valence-corrected chi connectivity index (χ4v) is 3.98. The maximum Gasteiger partial charge on any atom is 0.338 e. The molecular weight excluding hydrogens is 444 g/mol. The molecule has 0 spiro atoms. The van der Waals surface area contributed by atoms with E-state index in [1.54, 1.807) is 60.2 Å². The van der Waals surface area contributed by atoms with Crippen LogP contribution in [-0.2, 0) is 11.3 Å². The van der Waals surface area contributed by atoms with E-state index in [-0.39, 0.29) is 11.5 Å². The first-order chi connectivity index (χ1) is 17.0. The van der Waals surface area contributed by atoms with E-state index in [0.29, 0.717) is 41.1 Å². The highest BCUT2D eigenvalue weighted by Crippen LogP contribution is 2.16. The minimum atomic E-state index is -0.404. The molecule has 5 rings (SSSR count). The predicted molar refractivity (Wildman–Crippen MR) is 133 cm³/mol. The van der Waals surface area contributed by atoms with E-state index in [4.69, 9.17) is 4.74 Å². The summed E-state index contributed by atoms with van der Waals surface area (Å²) in [6.45, 7) is 2.37. The van der Waals surface area contributed by atoms with Crippen LogP contribution in [0.15, 0.2) is 90.0 Å². The number of pyridine rings is 1. The molecule has 1 amide bonds. The highest BCUT2D eigenvalue weighted by molar-refractivity contribution is 6.04. The Morgan fingerprint density at radius 1 is 0.914 bits per heavy atom. The number of benzene rings is 2. The fraction of sp³-hybridized carbons (Fsp3) is 0.111. The average molecular weight is 466 g/mol. The van der Waals surface area contributed by atoms with Gasteiger partial charge in [0.1, 0.15) is 5.52 Å². The van der Waals surface area contributed by atoms with E-state index in [1.165, 1.54) is 0 Å². The summed E-state index contributed by atoms with van der Waals surface area (Å²) in [6.07, 6.45) is 3.52. The summed E-state index contributed by atoms with van der Waals surface area (Å²) >= 11 is 0. The molecule has 174 valence electrons. The number of anilines is 1. The van der Waals surface area contributed by atoms with Crippen LogP contribution in [0.4, 0.5) is 5.69 Å². The first-order valence-corrected chi connectivity index (χ1v) is 11.2. The summed E-state index contributed by atoms with van der Waals surface area (Å²) in [5.74, 6) is -0.682. The zero-order valence-electron chi connectivity index (χ0n) is 19.0. The number of nitrogens with zero attached hydrogens (tertiary/aromatic N) is 3. The molecule has 0 unspecified atom stereocenters. The normalized spacial score (nSPS) is 11.0. The number of esters is 1. The number of hydrogen-bond donors (Lipinski definition) is 1. The van der Waals surface area contributed by atoms with Gasteiger partial charge in [-0.3, -0.25) is 14.2 Å². The van der Waals surface area contributed by atoms with E-state index in [1.807, 2.05) is 40.9 Å². The Morgan fingerprint density at radius 2 is 1.63 bits per heavy atom. The van der Waals surface area contributed by atoms with Crippen LogP contribution in [0.25, 0.3) is 16.7 Å². The number of amides is 1. The van der Waals surface area contributed by atoms with Gasteiger partial charge in [-0.1, -0.05) is 12.1 Å². The summed E-state index contributed by atoms with van der Waals surface area (Å²) in [5, 5.41) is 2.82. The smallest absolute Gasteiger partial charge is 0.338 e. The van der Waals surface area contributed by atoms with Gasteiger partial charge in [-0.05, 0) is 73.2 Å². The Hall–Kier alpha value is -4.72. The third-order valence-electron chi connectivity index (χ3n) is 5.71. The molecular formula is C27H22N4O4. The van der Waals surface area contributed by atoms with Gasteiger partial charge in [-0.2, -0.15) is 0 Å². The molecule has 0 saturated heterocycles. The molecule has 0 radical (unpaired) electrons. The second kappa shape index (κ2) is 9.26. The monoisotopic (exact) mass is 466 g/mol. The van der Waals surface area contributed by atoms with E-state index in [0.717, 1.165) is 11.1 Å². The van der Waals surface area contributed by atoms with Crippen LogP contribution >= 0.6 is 0 Å². The molecule has 0 bridgehead atoms. The molecule has 0 aliphatic carbocycles. The lowest BCUT2D eigenvalue weighted by atomic mass is 10.1. The van der Waals surface area contributed by atoms with E-state index in [2.05, 4.69) is 10.3 Å². The first-order valence-electron chi connectivity index (χ1n) is 11.2. The Bertz CT molecular complexity index is 1600. The zero-order valence-corrected chi connectivity index (χ0v) is 19.0. The zero-order chi connectivity index (χ0) is 24.4. The number of carbonyl (C=O) groups is 2. The maximum atomic E-state index is 13.1. The van der Waals surface area contributed by atoms with Crippen LogP contribution in [0.1, 0.15) is 33.2 Å². The van der Waals surface area contributed by atoms with Crippen molar-refractivity contribution in [3.63, 3.8) is 0 Å². The Labute approximate surface area is 200 Å². The first kappa shape index (κ1) is 22.1. The van der Waals surface area contributed by atoms with E-state index in [9.17, 15) is 14.4 Å². The van der Waals surface area contributed by atoms with Crippen molar-refractivity contribution in [3.05, 3.63) is 112 Å². The maximum absolute atomic E-state index is 13.1. The van der Waals surface area contributed by atoms with Crippen LogP contribution in [0.5, 0.6) is 0 Å². The predicted octanol–water partition coefficient (Wildman–Crippen LogP) is 4.13. The van der Waals surface area contributed by atoms with Gasteiger partial charge in [-0.15, -0.1) is 0 Å². The number of nitrogens with one attached hydrogen (secondary N) is 1. The number of aromatic nitrogens is 3. The van der Waals surface area contributed by atoms with Crippen LogP contribution < -0.4 is 10.9 Å². The van der Waals surface area contributed by atoms with Crippen LogP contribution in [0.2, 0.25) is 0 Å². The quantitative estimate of drug-likeness (QED) is 0.380. The Morgan fingerprint density at radius 3 is 2.37 bits per heavy atom. The van der Waals surface area contributed by atoms with Crippen LogP contribution in [-0.4, -0.2) is 32.4 Å². The van der Waals surface area contributed by atoms with Gasteiger partial charge in [0.15, 0.2) is 5.65 Å². The molecule has 2 aromatic carbocycles. The molecule has 1 N–H and O–H groups in total. The fourth-order valence-electron chi connectivity index (χ4n) is 3.98. The van der Waals surface area contributed by atoms with E-state index < -0.39 is 5.97 Å². The lowest BCUT2D eigenvalue weighted by Crippen LogP contribution is -2.24.